The van der Waals surface area contributed by atoms with Crippen molar-refractivity contribution in [2.45, 2.75) is 64.3 Å². The zero-order valence-electron chi connectivity index (χ0n) is 29.7. The summed E-state index contributed by atoms with van der Waals surface area (Å²) in [6.07, 6.45) is -2.51. The molecule has 0 unspecified atom stereocenters. The third kappa shape index (κ3) is 15.7. The normalized spacial score (nSPS) is 12.6. The number of alkyl carbamates (subject to hydrolysis) is 1. The van der Waals surface area contributed by atoms with E-state index in [0.717, 1.165) is 18.2 Å². The minimum absolute atomic E-state index is 0.120. The number of hydrogen-bond acceptors (Lipinski definition) is 10. The highest BCUT2D eigenvalue weighted by molar-refractivity contribution is 6.18. The van der Waals surface area contributed by atoms with E-state index in [-0.39, 0.29) is 18.0 Å². The Morgan fingerprint density at radius 1 is 0.782 bits per heavy atom. The van der Waals surface area contributed by atoms with Gasteiger partial charge in [-0.15, -0.1) is 0 Å². The lowest BCUT2D eigenvalue weighted by Crippen LogP contribution is -2.60. The summed E-state index contributed by atoms with van der Waals surface area (Å²) in [7, 11) is 0. The number of hydrogen-bond donors (Lipinski definition) is 8. The van der Waals surface area contributed by atoms with E-state index in [1.165, 1.54) is 26.0 Å². The second-order valence-corrected chi connectivity index (χ2v) is 12.2. The van der Waals surface area contributed by atoms with Crippen LogP contribution in [-0.2, 0) is 56.1 Å². The van der Waals surface area contributed by atoms with Crippen LogP contribution in [0.25, 0.3) is 0 Å². The summed E-state index contributed by atoms with van der Waals surface area (Å²) < 4.78 is 18.3. The van der Waals surface area contributed by atoms with Gasteiger partial charge in [0.15, 0.2) is 0 Å². The number of benzene rings is 2. The lowest BCUT2D eigenvalue weighted by atomic mass is 10.0. The fourth-order valence-electron chi connectivity index (χ4n) is 4.67. The summed E-state index contributed by atoms with van der Waals surface area (Å²) in [4.78, 5) is 113. The van der Waals surface area contributed by atoms with Crippen molar-refractivity contribution in [1.29, 1.82) is 0 Å². The number of nitrogens with two attached hydrogens (primary N) is 1. The Kier molecular flexibility index (Phi) is 17.4. The zero-order chi connectivity index (χ0) is 41.2. The molecular weight excluding hydrogens is 731 g/mol. The molecule has 19 nitrogen and oxygen atoms in total. The van der Waals surface area contributed by atoms with Crippen LogP contribution in [0.15, 0.2) is 66.2 Å². The number of primary amides is 1. The van der Waals surface area contributed by atoms with Gasteiger partial charge in [-0.3, -0.25) is 43.8 Å². The number of carbonyl (C=O) groups excluding carboxylic acids is 6. The molecular formula is C35H41FN6O13. The number of rotatable bonds is 20. The molecule has 0 bridgehead atoms. The van der Waals surface area contributed by atoms with Crippen molar-refractivity contribution in [2.75, 3.05) is 6.54 Å². The van der Waals surface area contributed by atoms with Gasteiger partial charge in [-0.25, -0.2) is 14.2 Å². The first kappa shape index (κ1) is 44.3. The highest BCUT2D eigenvalue weighted by Crippen LogP contribution is 2.11. The maximum atomic E-state index is 13.5. The molecule has 0 heterocycles. The molecule has 6 amide bonds. The van der Waals surface area contributed by atoms with Gasteiger partial charge >= 0.3 is 24.0 Å². The highest BCUT2D eigenvalue weighted by atomic mass is 19.1. The monoisotopic (exact) mass is 772 g/mol. The van der Waals surface area contributed by atoms with E-state index in [1.807, 2.05) is 5.43 Å². The van der Waals surface area contributed by atoms with E-state index in [2.05, 4.69) is 16.0 Å². The maximum absolute atomic E-state index is 13.5. The predicted molar refractivity (Wildman–Crippen MR) is 186 cm³/mol. The van der Waals surface area contributed by atoms with Gasteiger partial charge in [-0.05, 0) is 42.0 Å². The largest absolute Gasteiger partial charge is 0.481 e. The summed E-state index contributed by atoms with van der Waals surface area (Å²) in [5.41, 5.74) is 7.69. The molecule has 0 spiro atoms. The van der Waals surface area contributed by atoms with Crippen LogP contribution in [-0.4, -0.2) is 98.5 Å². The summed E-state index contributed by atoms with van der Waals surface area (Å²) in [5, 5.41) is 34.9. The van der Waals surface area contributed by atoms with Crippen molar-refractivity contribution >= 4 is 53.5 Å². The number of nitrogens with one attached hydrogen (secondary N) is 4. The van der Waals surface area contributed by atoms with Gasteiger partial charge < -0.3 is 41.7 Å². The number of ether oxygens (including phenoxy) is 1. The molecule has 0 saturated heterocycles. The fraction of sp³-hybridized carbons (Fsp3) is 0.343. The van der Waals surface area contributed by atoms with Gasteiger partial charge in [0.25, 0.3) is 17.7 Å². The number of nitrogens with zero attached hydrogens (tertiary/aromatic N) is 1. The Balaban J connectivity index is 2.27. The molecule has 2 rings (SSSR count). The van der Waals surface area contributed by atoms with Crippen molar-refractivity contribution in [2.24, 2.45) is 11.7 Å². The Bertz CT molecular complexity index is 1770. The van der Waals surface area contributed by atoms with Crippen LogP contribution in [0, 0.1) is 11.7 Å². The molecule has 0 radical (unpaired) electrons. The summed E-state index contributed by atoms with van der Waals surface area (Å²) in [5.74, 6) is -12.1. The molecule has 2 aromatic rings. The Hall–Kier alpha value is -6.86. The number of amides is 6. The number of aliphatic carboxylic acids is 3. The van der Waals surface area contributed by atoms with Gasteiger partial charge in [0.1, 0.15) is 42.7 Å². The van der Waals surface area contributed by atoms with Crippen LogP contribution in [0.4, 0.5) is 9.18 Å². The second-order valence-electron chi connectivity index (χ2n) is 12.2. The van der Waals surface area contributed by atoms with E-state index in [4.69, 9.17) is 10.5 Å². The van der Waals surface area contributed by atoms with E-state index in [0.29, 0.717) is 11.1 Å². The van der Waals surface area contributed by atoms with E-state index in [9.17, 15) is 62.9 Å². The molecule has 0 aliphatic carbocycles. The molecule has 0 saturated carbocycles. The van der Waals surface area contributed by atoms with Gasteiger partial charge in [-0.1, -0.05) is 62.4 Å². The summed E-state index contributed by atoms with van der Waals surface area (Å²) in [6.45, 7) is 1.45. The third-order valence-electron chi connectivity index (χ3n) is 7.46. The molecule has 20 heteroatoms. The zero-order valence-corrected chi connectivity index (χ0v) is 29.7. The van der Waals surface area contributed by atoms with Crippen molar-refractivity contribution in [3.8, 4) is 0 Å². The molecule has 0 aliphatic rings. The predicted octanol–water partition coefficient (Wildman–Crippen LogP) is -0.0156. The van der Waals surface area contributed by atoms with E-state index in [1.54, 1.807) is 30.3 Å². The topological polar surface area (TPSA) is 301 Å². The van der Waals surface area contributed by atoms with Gasteiger partial charge in [0, 0.05) is 6.42 Å². The van der Waals surface area contributed by atoms with Crippen molar-refractivity contribution in [3.05, 3.63) is 83.2 Å². The summed E-state index contributed by atoms with van der Waals surface area (Å²) in [6, 6.07) is 8.18. The minimum atomic E-state index is -1.81. The average molecular weight is 773 g/mol. The quantitative estimate of drug-likeness (QED) is 0.0381. The number of carboxylic acids is 3. The molecule has 0 fully saturated rings. The minimum Gasteiger partial charge on any atom is -0.481 e. The van der Waals surface area contributed by atoms with Crippen molar-refractivity contribution in [3.63, 3.8) is 0 Å². The molecule has 296 valence electrons. The van der Waals surface area contributed by atoms with Crippen LogP contribution < -0.4 is 27.1 Å². The average Bonchev–Trinajstić information content (AvgIpc) is 3.11. The fourth-order valence-corrected chi connectivity index (χ4v) is 4.67. The Labute approximate surface area is 313 Å². The van der Waals surface area contributed by atoms with Crippen LogP contribution >= 0.6 is 0 Å². The molecule has 0 aliphatic heterocycles. The van der Waals surface area contributed by atoms with Crippen molar-refractivity contribution in [1.82, 2.24) is 26.4 Å². The Morgan fingerprint density at radius 2 is 1.40 bits per heavy atom. The molecule has 55 heavy (non-hydrogen) atoms. The SMILES string of the molecule is CC(C)[C@H](NC(=O)[C@H](CCC(=O)O)NC(=O)[C@H](CC(=O)O)NC(=O)OCc1ccccc1)C(=O)NN(CC(=O)O)C(=O)C(=CCc1ccc(F)cc1)C(N)=O. The highest BCUT2D eigenvalue weighted by Gasteiger charge is 2.34. The lowest BCUT2D eigenvalue weighted by Gasteiger charge is -2.29. The number of carbonyl (C=O) groups is 9. The van der Waals surface area contributed by atoms with Gasteiger partial charge in [-0.2, -0.15) is 0 Å². The van der Waals surface area contributed by atoms with E-state index >= 15 is 0 Å². The number of hydrazine groups is 1. The van der Waals surface area contributed by atoms with Gasteiger partial charge in [0.2, 0.25) is 11.8 Å². The van der Waals surface area contributed by atoms with Crippen LogP contribution in [0.5, 0.6) is 0 Å². The third-order valence-corrected chi connectivity index (χ3v) is 7.46. The lowest BCUT2D eigenvalue weighted by molar-refractivity contribution is -0.149. The first-order valence-electron chi connectivity index (χ1n) is 16.5. The molecule has 0 aromatic heterocycles. The standard InChI is InChI=1S/C35H41FN6O13/c1-19(2)29(33(52)41-42(17-28(47)48)34(53)23(30(37)49)13-10-20-8-11-22(36)12-9-20)40-31(50)24(14-15-26(43)44)38-32(51)25(16-27(45)46)39-35(54)55-18-21-6-4-3-5-7-21/h3-9,11-13,19,24-25,29H,10,14-18H2,1-2H3,(H2,37,49)(H,38,51)(H,39,54)(H,40,50)(H,41,52)(H,43,44)(H,45,46)(H,47,48)/t24-,25-,29-/m0/s1. The number of halogens is 1. The second kappa shape index (κ2) is 21.6. The van der Waals surface area contributed by atoms with Crippen LogP contribution in [0.2, 0.25) is 0 Å². The maximum Gasteiger partial charge on any atom is 0.408 e. The summed E-state index contributed by atoms with van der Waals surface area (Å²) >= 11 is 0. The first-order valence-corrected chi connectivity index (χ1v) is 16.5. The van der Waals surface area contributed by atoms with E-state index < -0.39 is 115 Å². The molecule has 3 atom stereocenters. The first-order chi connectivity index (χ1) is 25.9. The van der Waals surface area contributed by atoms with Gasteiger partial charge in [0.05, 0.1) is 6.42 Å². The molecule has 9 N–H and O–H groups in total. The van der Waals surface area contributed by atoms with Crippen molar-refractivity contribution < 1.29 is 67.6 Å². The Morgan fingerprint density at radius 3 is 1.95 bits per heavy atom. The number of carboxylic acid groups (broad SMARTS) is 3. The van der Waals surface area contributed by atoms with Crippen LogP contribution in [0.1, 0.15) is 44.2 Å². The van der Waals surface area contributed by atoms with Crippen LogP contribution in [0.3, 0.4) is 0 Å². The molecule has 2 aromatic carbocycles. The smallest absolute Gasteiger partial charge is 0.408 e. The number of allylic oxidation sites excluding steroid dienone is 1.